The molecule has 2 aromatic carbocycles. The van der Waals surface area contributed by atoms with E-state index in [9.17, 15) is 0 Å². The largest absolute Gasteiger partial charge is 0.494 e. The lowest BCUT2D eigenvalue weighted by Crippen LogP contribution is -2.50. The van der Waals surface area contributed by atoms with Gasteiger partial charge in [0.2, 0.25) is 0 Å². The van der Waals surface area contributed by atoms with E-state index in [2.05, 4.69) is 10.6 Å². The molecular formula is C25H31Cl3N6O. The van der Waals surface area contributed by atoms with Gasteiger partial charge in [0, 0.05) is 22.5 Å². The minimum Gasteiger partial charge on any atom is -0.494 e. The second-order valence-electron chi connectivity index (χ2n) is 8.13. The summed E-state index contributed by atoms with van der Waals surface area (Å²) in [5.41, 5.74) is 7.48. The van der Waals surface area contributed by atoms with Crippen molar-refractivity contribution in [3.8, 4) is 5.75 Å². The summed E-state index contributed by atoms with van der Waals surface area (Å²) in [6.07, 6.45) is 8.01. The fourth-order valence-electron chi connectivity index (χ4n) is 4.16. The van der Waals surface area contributed by atoms with Crippen molar-refractivity contribution in [2.75, 3.05) is 11.9 Å². The number of nitrogens with one attached hydrogen (secondary N) is 3. The van der Waals surface area contributed by atoms with Gasteiger partial charge in [-0.1, -0.05) is 42.7 Å². The zero-order valence-corrected chi connectivity index (χ0v) is 21.8. The van der Waals surface area contributed by atoms with E-state index < -0.39 is 0 Å². The maximum absolute atomic E-state index is 7.67. The van der Waals surface area contributed by atoms with E-state index in [1.54, 1.807) is 0 Å². The molecule has 0 aliphatic heterocycles. The molecule has 1 aromatic heterocycles. The Morgan fingerprint density at radius 3 is 2.49 bits per heavy atom. The predicted octanol–water partition coefficient (Wildman–Crippen LogP) is 5.90. The molecule has 0 radical (unpaired) electrons. The highest BCUT2D eigenvalue weighted by atomic mass is 35.5. The van der Waals surface area contributed by atoms with E-state index in [1.807, 2.05) is 61.5 Å². The van der Waals surface area contributed by atoms with Crippen LogP contribution in [-0.2, 0) is 0 Å². The van der Waals surface area contributed by atoms with Gasteiger partial charge in [0.15, 0.2) is 11.8 Å². The van der Waals surface area contributed by atoms with Crippen molar-refractivity contribution in [3.05, 3.63) is 58.9 Å². The van der Waals surface area contributed by atoms with Crippen molar-refractivity contribution < 1.29 is 4.74 Å². The molecule has 0 spiro atoms. The van der Waals surface area contributed by atoms with Crippen molar-refractivity contribution in [1.29, 1.82) is 5.41 Å². The molecule has 1 aliphatic rings. The van der Waals surface area contributed by atoms with Gasteiger partial charge in [0.1, 0.15) is 11.6 Å². The molecule has 4 rings (SSSR count). The summed E-state index contributed by atoms with van der Waals surface area (Å²) in [6, 6.07) is 13.7. The molecule has 2 unspecified atom stereocenters. The second-order valence-corrected chi connectivity index (χ2v) is 8.56. The first-order valence-corrected chi connectivity index (χ1v) is 11.6. The molecule has 188 valence electrons. The van der Waals surface area contributed by atoms with Crippen molar-refractivity contribution >= 4 is 71.2 Å². The van der Waals surface area contributed by atoms with E-state index >= 15 is 0 Å². The molecule has 10 heteroatoms. The fourth-order valence-corrected chi connectivity index (χ4v) is 4.29. The third-order valence-corrected chi connectivity index (χ3v) is 5.97. The molecule has 3 aromatic rings. The molecule has 0 bridgehead atoms. The van der Waals surface area contributed by atoms with Crippen LogP contribution in [0.4, 0.5) is 5.82 Å². The molecule has 1 saturated carbocycles. The summed E-state index contributed by atoms with van der Waals surface area (Å²) in [7, 11) is 0. The third-order valence-electron chi connectivity index (χ3n) is 5.72. The second kappa shape index (κ2) is 13.4. The Morgan fingerprint density at radius 2 is 1.80 bits per heavy atom. The van der Waals surface area contributed by atoms with Gasteiger partial charge >= 0.3 is 0 Å². The fraction of sp³-hybridized carbons (Fsp3) is 0.320. The molecule has 35 heavy (non-hydrogen) atoms. The standard InChI is InChI=1S/C25H29ClN6O.2ClH/c1-2-33-18-12-13-20-19(15-18)24(30-21-5-3-4-6-22(21)31-25(27)28)32-23(29-20)14-9-16-7-10-17(26)11-8-16;;/h7-15,21-22H,2-6H2,1H3,(H4,27,28,31)(H,29,30,32);2*1H/b14-9+;;. The van der Waals surface area contributed by atoms with Gasteiger partial charge in [-0.3, -0.25) is 5.41 Å². The number of ether oxygens (including phenoxy) is 1. The van der Waals surface area contributed by atoms with Crippen molar-refractivity contribution in [3.63, 3.8) is 0 Å². The highest BCUT2D eigenvalue weighted by molar-refractivity contribution is 6.30. The average Bonchev–Trinajstić information content (AvgIpc) is 2.80. The van der Waals surface area contributed by atoms with Gasteiger partial charge in [-0.05, 0) is 61.7 Å². The Kier molecular flexibility index (Phi) is 10.9. The Hall–Kier alpha value is -2.74. The van der Waals surface area contributed by atoms with Gasteiger partial charge in [-0.2, -0.15) is 0 Å². The lowest BCUT2D eigenvalue weighted by Gasteiger charge is -2.33. The smallest absolute Gasteiger partial charge is 0.185 e. The van der Waals surface area contributed by atoms with Crippen LogP contribution < -0.4 is 21.1 Å². The summed E-state index contributed by atoms with van der Waals surface area (Å²) in [4.78, 5) is 9.58. The SMILES string of the molecule is CCOc1ccc2nc(/C=C/c3ccc(Cl)cc3)nc(NC3CCCCC3NC(=N)N)c2c1.Cl.Cl. The van der Waals surface area contributed by atoms with E-state index in [4.69, 9.17) is 37.4 Å². The van der Waals surface area contributed by atoms with Crippen LogP contribution in [0.5, 0.6) is 5.75 Å². The number of anilines is 1. The molecule has 0 amide bonds. The Balaban J connectivity index is 0.00000216. The van der Waals surface area contributed by atoms with Crippen LogP contribution in [-0.4, -0.2) is 34.6 Å². The van der Waals surface area contributed by atoms with Gasteiger partial charge in [-0.15, -0.1) is 24.8 Å². The van der Waals surface area contributed by atoms with E-state index in [1.165, 1.54) is 0 Å². The molecule has 1 aliphatic carbocycles. The lowest BCUT2D eigenvalue weighted by molar-refractivity contribution is 0.340. The van der Waals surface area contributed by atoms with Gasteiger partial charge in [0.25, 0.3) is 0 Å². The first kappa shape index (κ1) is 28.5. The topological polar surface area (TPSA) is 109 Å². The van der Waals surface area contributed by atoms with E-state index in [0.29, 0.717) is 17.5 Å². The van der Waals surface area contributed by atoms with Gasteiger partial charge in [-0.25, -0.2) is 9.97 Å². The molecule has 1 heterocycles. The summed E-state index contributed by atoms with van der Waals surface area (Å²) >= 11 is 5.99. The normalized spacial score (nSPS) is 17.3. The lowest BCUT2D eigenvalue weighted by atomic mass is 9.90. The number of guanidine groups is 1. The van der Waals surface area contributed by atoms with Crippen LogP contribution in [0.15, 0.2) is 42.5 Å². The minimum atomic E-state index is -0.00790. The highest BCUT2D eigenvalue weighted by Crippen LogP contribution is 2.29. The van der Waals surface area contributed by atoms with Crippen LogP contribution in [0.2, 0.25) is 5.02 Å². The maximum atomic E-state index is 7.67. The van der Waals surface area contributed by atoms with Crippen LogP contribution >= 0.6 is 36.4 Å². The number of nitrogens with two attached hydrogens (primary N) is 1. The van der Waals surface area contributed by atoms with E-state index in [0.717, 1.165) is 53.7 Å². The Labute approximate surface area is 223 Å². The number of halogens is 3. The monoisotopic (exact) mass is 536 g/mol. The zero-order chi connectivity index (χ0) is 23.2. The zero-order valence-electron chi connectivity index (χ0n) is 19.5. The molecule has 0 saturated heterocycles. The minimum absolute atomic E-state index is 0. The highest BCUT2D eigenvalue weighted by Gasteiger charge is 2.26. The number of hydrogen-bond acceptors (Lipinski definition) is 5. The van der Waals surface area contributed by atoms with Crippen LogP contribution in [0.25, 0.3) is 23.1 Å². The van der Waals surface area contributed by atoms with E-state index in [-0.39, 0.29) is 42.9 Å². The van der Waals surface area contributed by atoms with Gasteiger partial charge < -0.3 is 21.1 Å². The first-order chi connectivity index (χ1) is 16.0. The number of hydrogen-bond donors (Lipinski definition) is 4. The summed E-state index contributed by atoms with van der Waals surface area (Å²) in [6.45, 7) is 2.55. The van der Waals surface area contributed by atoms with Gasteiger partial charge in [0.05, 0.1) is 12.1 Å². The summed E-state index contributed by atoms with van der Waals surface area (Å²) in [5, 5.41) is 16.0. The Morgan fingerprint density at radius 1 is 1.09 bits per heavy atom. The first-order valence-electron chi connectivity index (χ1n) is 11.3. The van der Waals surface area contributed by atoms with Crippen molar-refractivity contribution in [2.24, 2.45) is 5.73 Å². The van der Waals surface area contributed by atoms with Crippen molar-refractivity contribution in [1.82, 2.24) is 15.3 Å². The number of rotatable bonds is 7. The summed E-state index contributed by atoms with van der Waals surface area (Å²) in [5.74, 6) is 2.13. The van der Waals surface area contributed by atoms with Crippen LogP contribution in [0, 0.1) is 5.41 Å². The molecule has 7 nitrogen and oxygen atoms in total. The molecule has 5 N–H and O–H groups in total. The molecule has 2 atom stereocenters. The average molecular weight is 538 g/mol. The number of benzene rings is 2. The molecular weight excluding hydrogens is 507 g/mol. The Bertz CT molecular complexity index is 1160. The maximum Gasteiger partial charge on any atom is 0.185 e. The summed E-state index contributed by atoms with van der Waals surface area (Å²) < 4.78 is 5.71. The third kappa shape index (κ3) is 7.62. The number of aromatic nitrogens is 2. The number of nitrogens with zero attached hydrogens (tertiary/aromatic N) is 2. The molecule has 1 fully saturated rings. The van der Waals surface area contributed by atoms with Crippen molar-refractivity contribution in [2.45, 2.75) is 44.7 Å². The quantitative estimate of drug-likeness (QED) is 0.221. The number of fused-ring (bicyclic) bond motifs is 1. The predicted molar refractivity (Wildman–Crippen MR) is 150 cm³/mol. The van der Waals surface area contributed by atoms with Crippen LogP contribution in [0.3, 0.4) is 0 Å². The van der Waals surface area contributed by atoms with Crippen LogP contribution in [0.1, 0.15) is 44.0 Å².